The number of amides is 1. The molecule has 2 aromatic carbocycles. The third kappa shape index (κ3) is 4.60. The Morgan fingerprint density at radius 3 is 2.69 bits per heavy atom. The van der Waals surface area contributed by atoms with Crippen LogP contribution in [0.25, 0.3) is 10.1 Å². The molecular weight excluding hydrogens is 430 g/mol. The first kappa shape index (κ1) is 19.9. The lowest BCUT2D eigenvalue weighted by Gasteiger charge is -2.32. The number of hydrogen-bond donors (Lipinski definition) is 0. The zero-order chi connectivity index (χ0) is 20.4. The van der Waals surface area contributed by atoms with Crippen LogP contribution in [0.5, 0.6) is 5.06 Å². The molecule has 1 aromatic heterocycles. The highest BCUT2D eigenvalue weighted by molar-refractivity contribution is 7.78. The van der Waals surface area contributed by atoms with E-state index in [-0.39, 0.29) is 12.5 Å². The minimum absolute atomic E-state index is 0.0274. The lowest BCUT2D eigenvalue weighted by molar-refractivity contribution is -0.134. The molecule has 0 bridgehead atoms. The number of carbonyl (C=O) groups excluding carboxylic acids is 1. The maximum Gasteiger partial charge on any atom is 0.292 e. The fraction of sp³-hybridized carbons (Fsp3) is 0.200. The summed E-state index contributed by atoms with van der Waals surface area (Å²) in [6, 6.07) is 16.6. The van der Waals surface area contributed by atoms with E-state index in [0.29, 0.717) is 35.3 Å². The van der Waals surface area contributed by atoms with E-state index < -0.39 is 11.3 Å². The van der Waals surface area contributed by atoms with Gasteiger partial charge in [-0.1, -0.05) is 41.1 Å². The van der Waals surface area contributed by atoms with Crippen LogP contribution in [-0.4, -0.2) is 39.0 Å². The van der Waals surface area contributed by atoms with Crippen molar-refractivity contribution in [2.24, 2.45) is 0 Å². The van der Waals surface area contributed by atoms with Crippen molar-refractivity contribution in [3.05, 3.63) is 64.7 Å². The third-order valence-electron chi connectivity index (χ3n) is 4.56. The van der Waals surface area contributed by atoms with Gasteiger partial charge in [0, 0.05) is 35.4 Å². The van der Waals surface area contributed by atoms with Gasteiger partial charge >= 0.3 is 0 Å². The molecule has 2 heterocycles. The number of benzene rings is 2. The van der Waals surface area contributed by atoms with Gasteiger partial charge in [0.1, 0.15) is 0 Å². The van der Waals surface area contributed by atoms with Gasteiger partial charge in [0.15, 0.2) is 5.06 Å². The highest BCUT2D eigenvalue weighted by Crippen LogP contribution is 2.34. The number of piperazine rings is 1. The Kier molecular flexibility index (Phi) is 5.83. The van der Waals surface area contributed by atoms with Crippen molar-refractivity contribution in [1.82, 2.24) is 9.21 Å². The van der Waals surface area contributed by atoms with Gasteiger partial charge in [0.05, 0.1) is 18.2 Å². The lowest BCUT2D eigenvalue weighted by Crippen LogP contribution is -2.50. The Morgan fingerprint density at radius 2 is 1.97 bits per heavy atom. The number of halogens is 1. The second kappa shape index (κ2) is 8.51. The van der Waals surface area contributed by atoms with Crippen molar-refractivity contribution in [2.45, 2.75) is 6.54 Å². The predicted molar refractivity (Wildman–Crippen MR) is 114 cm³/mol. The SMILES string of the molecule is N#Cc1ccc(CN2CCN(S(=O)Oc3cc4ccc(Cl)cc4s3)CC2=O)cc1. The molecule has 1 fully saturated rings. The molecule has 0 radical (unpaired) electrons. The van der Waals surface area contributed by atoms with E-state index in [4.69, 9.17) is 21.0 Å². The molecule has 148 valence electrons. The summed E-state index contributed by atoms with van der Waals surface area (Å²) in [6.45, 7) is 1.39. The topological polar surface area (TPSA) is 73.6 Å². The summed E-state index contributed by atoms with van der Waals surface area (Å²) < 4.78 is 20.6. The van der Waals surface area contributed by atoms with Crippen LogP contribution in [-0.2, 0) is 22.6 Å². The first-order valence-corrected chi connectivity index (χ1v) is 11.1. The van der Waals surface area contributed by atoms with E-state index in [1.165, 1.54) is 15.6 Å². The Morgan fingerprint density at radius 1 is 1.17 bits per heavy atom. The van der Waals surface area contributed by atoms with Crippen molar-refractivity contribution in [2.75, 3.05) is 19.6 Å². The van der Waals surface area contributed by atoms with Crippen LogP contribution < -0.4 is 4.18 Å². The molecule has 1 aliphatic heterocycles. The van der Waals surface area contributed by atoms with Gasteiger partial charge in [-0.3, -0.25) is 4.79 Å². The van der Waals surface area contributed by atoms with Crippen LogP contribution in [0.2, 0.25) is 5.02 Å². The molecule has 0 spiro atoms. The van der Waals surface area contributed by atoms with Gasteiger partial charge in [-0.15, -0.1) is 0 Å². The largest absolute Gasteiger partial charge is 0.378 e. The third-order valence-corrected chi connectivity index (χ3v) is 6.94. The monoisotopic (exact) mass is 445 g/mol. The fourth-order valence-electron chi connectivity index (χ4n) is 3.03. The summed E-state index contributed by atoms with van der Waals surface area (Å²) in [4.78, 5) is 14.2. The number of fused-ring (bicyclic) bond motifs is 1. The van der Waals surface area contributed by atoms with Crippen LogP contribution in [0, 0.1) is 11.3 Å². The minimum Gasteiger partial charge on any atom is -0.378 e. The molecule has 9 heteroatoms. The van der Waals surface area contributed by atoms with Crippen molar-refractivity contribution < 1.29 is 13.2 Å². The van der Waals surface area contributed by atoms with Crippen LogP contribution >= 0.6 is 22.9 Å². The number of nitriles is 1. The summed E-state index contributed by atoms with van der Waals surface area (Å²) in [5.41, 5.74) is 1.54. The summed E-state index contributed by atoms with van der Waals surface area (Å²) in [6.07, 6.45) is 0. The maximum absolute atomic E-state index is 12.6. The van der Waals surface area contributed by atoms with E-state index in [1.807, 2.05) is 30.3 Å². The van der Waals surface area contributed by atoms with Gasteiger partial charge in [-0.2, -0.15) is 13.8 Å². The highest BCUT2D eigenvalue weighted by Gasteiger charge is 2.28. The van der Waals surface area contributed by atoms with Crippen molar-refractivity contribution in [3.63, 3.8) is 0 Å². The van der Waals surface area contributed by atoms with Crippen LogP contribution in [0.1, 0.15) is 11.1 Å². The predicted octanol–water partition coefficient (Wildman–Crippen LogP) is 3.73. The number of carbonyl (C=O) groups is 1. The first-order valence-electron chi connectivity index (χ1n) is 8.83. The van der Waals surface area contributed by atoms with Crippen molar-refractivity contribution >= 4 is 50.2 Å². The number of nitrogens with zero attached hydrogens (tertiary/aromatic N) is 3. The Labute approximate surface area is 179 Å². The van der Waals surface area contributed by atoms with E-state index in [0.717, 1.165) is 15.6 Å². The van der Waals surface area contributed by atoms with E-state index in [2.05, 4.69) is 6.07 Å². The average molecular weight is 446 g/mol. The van der Waals surface area contributed by atoms with Gasteiger partial charge in [-0.05, 0) is 35.2 Å². The number of hydrogen-bond acceptors (Lipinski definition) is 5. The van der Waals surface area contributed by atoms with Gasteiger partial charge in [0.2, 0.25) is 5.91 Å². The van der Waals surface area contributed by atoms with Crippen LogP contribution in [0.4, 0.5) is 0 Å². The minimum atomic E-state index is -1.75. The molecule has 4 rings (SSSR count). The smallest absolute Gasteiger partial charge is 0.292 e. The van der Waals surface area contributed by atoms with E-state index in [9.17, 15) is 9.00 Å². The molecule has 0 aliphatic carbocycles. The maximum atomic E-state index is 12.6. The number of rotatable bonds is 5. The van der Waals surface area contributed by atoms with Crippen molar-refractivity contribution in [1.29, 1.82) is 5.26 Å². The highest BCUT2D eigenvalue weighted by atomic mass is 35.5. The van der Waals surface area contributed by atoms with Gasteiger partial charge < -0.3 is 9.08 Å². The quantitative estimate of drug-likeness (QED) is 0.599. The summed E-state index contributed by atoms with van der Waals surface area (Å²) >= 11 is 5.62. The molecule has 6 nitrogen and oxygen atoms in total. The van der Waals surface area contributed by atoms with Gasteiger partial charge in [0.25, 0.3) is 11.3 Å². The summed E-state index contributed by atoms with van der Waals surface area (Å²) in [5, 5.41) is 11.0. The zero-order valence-corrected chi connectivity index (χ0v) is 17.6. The molecule has 1 saturated heterocycles. The number of thiophene rings is 1. The second-order valence-electron chi connectivity index (χ2n) is 6.54. The van der Waals surface area contributed by atoms with E-state index >= 15 is 0 Å². The molecule has 1 atom stereocenters. The fourth-order valence-corrected chi connectivity index (χ4v) is 5.15. The van der Waals surface area contributed by atoms with Crippen LogP contribution in [0.3, 0.4) is 0 Å². The lowest BCUT2D eigenvalue weighted by atomic mass is 10.1. The van der Waals surface area contributed by atoms with Gasteiger partial charge in [-0.25, -0.2) is 0 Å². The summed E-state index contributed by atoms with van der Waals surface area (Å²) in [5.74, 6) is -0.110. The first-order chi connectivity index (χ1) is 14.0. The normalized spacial score (nSPS) is 16.0. The Hall–Kier alpha value is -2.44. The molecule has 1 amide bonds. The zero-order valence-electron chi connectivity index (χ0n) is 15.2. The molecule has 3 aromatic rings. The summed E-state index contributed by atoms with van der Waals surface area (Å²) in [7, 11) is 0. The standard InChI is InChI=1S/C20H16ClN3O3S2/c21-17-6-5-16-9-20(28-18(16)10-17)27-29(26)24-8-7-23(19(25)13-24)12-15-3-1-14(11-22)2-4-15/h1-6,9-10H,7-8,12-13H2. The Bertz CT molecular complexity index is 1120. The molecule has 0 saturated carbocycles. The molecular formula is C20H16ClN3O3S2. The average Bonchev–Trinajstić information content (AvgIpc) is 3.11. The van der Waals surface area contributed by atoms with Crippen LogP contribution in [0.15, 0.2) is 48.5 Å². The molecule has 0 N–H and O–H groups in total. The molecule has 1 unspecified atom stereocenters. The van der Waals surface area contributed by atoms with E-state index in [1.54, 1.807) is 23.1 Å². The molecule has 1 aliphatic rings. The van der Waals surface area contributed by atoms with Crippen molar-refractivity contribution in [3.8, 4) is 11.1 Å². The second-order valence-corrected chi connectivity index (χ2v) is 9.14. The Balaban J connectivity index is 1.36. The molecule has 29 heavy (non-hydrogen) atoms.